The Morgan fingerprint density at radius 1 is 1.11 bits per heavy atom. The summed E-state index contributed by atoms with van der Waals surface area (Å²) in [5.74, 6) is 0.665. The Balaban J connectivity index is 2.53. The van der Waals surface area contributed by atoms with E-state index in [9.17, 15) is 0 Å². The predicted octanol–water partition coefficient (Wildman–Crippen LogP) is 4.69. The molecule has 0 heterocycles. The Hall–Kier alpha value is -0.530. The summed E-state index contributed by atoms with van der Waals surface area (Å²) in [6.07, 6.45) is 4.83. The SMILES string of the molecule is CCCNC(CCC)C(C)Cc1ccc(Cl)cc1. The molecule has 1 aromatic rings. The number of nitrogens with one attached hydrogen (secondary N) is 1. The highest BCUT2D eigenvalue weighted by Gasteiger charge is 2.15. The van der Waals surface area contributed by atoms with Crippen molar-refractivity contribution < 1.29 is 0 Å². The number of halogens is 1. The third-order valence-electron chi connectivity index (χ3n) is 3.41. The zero-order valence-corrected chi connectivity index (χ0v) is 12.6. The summed E-state index contributed by atoms with van der Waals surface area (Å²) in [4.78, 5) is 0. The van der Waals surface area contributed by atoms with E-state index in [0.717, 1.165) is 18.0 Å². The molecule has 0 aliphatic heterocycles. The molecule has 0 bridgehead atoms. The minimum atomic E-state index is 0.630. The molecule has 1 aromatic carbocycles. The van der Waals surface area contributed by atoms with Crippen LogP contribution < -0.4 is 5.32 Å². The molecule has 0 amide bonds. The first-order chi connectivity index (χ1) is 8.67. The lowest BCUT2D eigenvalue weighted by atomic mass is 9.91. The van der Waals surface area contributed by atoms with E-state index in [1.165, 1.54) is 24.8 Å². The third-order valence-corrected chi connectivity index (χ3v) is 3.67. The molecule has 0 saturated carbocycles. The Morgan fingerprint density at radius 3 is 2.33 bits per heavy atom. The van der Waals surface area contributed by atoms with Gasteiger partial charge in [-0.2, -0.15) is 0 Å². The van der Waals surface area contributed by atoms with E-state index in [1.807, 2.05) is 12.1 Å². The standard InChI is InChI=1S/C16H26ClN/c1-4-6-16(18-11-5-2)13(3)12-14-7-9-15(17)10-8-14/h7-10,13,16,18H,4-6,11-12H2,1-3H3. The summed E-state index contributed by atoms with van der Waals surface area (Å²) < 4.78 is 0. The van der Waals surface area contributed by atoms with Gasteiger partial charge in [-0.3, -0.25) is 0 Å². The summed E-state index contributed by atoms with van der Waals surface area (Å²) in [5.41, 5.74) is 1.38. The van der Waals surface area contributed by atoms with Gasteiger partial charge in [0.15, 0.2) is 0 Å². The maximum absolute atomic E-state index is 5.92. The van der Waals surface area contributed by atoms with Crippen molar-refractivity contribution in [1.82, 2.24) is 5.32 Å². The number of hydrogen-bond acceptors (Lipinski definition) is 1. The molecule has 0 saturated heterocycles. The van der Waals surface area contributed by atoms with E-state index >= 15 is 0 Å². The first kappa shape index (κ1) is 15.5. The molecule has 2 heteroatoms. The second-order valence-corrected chi connectivity index (χ2v) is 5.59. The maximum Gasteiger partial charge on any atom is 0.0406 e. The second kappa shape index (κ2) is 8.55. The fourth-order valence-electron chi connectivity index (χ4n) is 2.36. The van der Waals surface area contributed by atoms with Crippen LogP contribution >= 0.6 is 11.6 Å². The highest BCUT2D eigenvalue weighted by molar-refractivity contribution is 6.30. The van der Waals surface area contributed by atoms with Crippen molar-refractivity contribution in [2.45, 2.75) is 52.5 Å². The summed E-state index contributed by atoms with van der Waals surface area (Å²) in [7, 11) is 0. The van der Waals surface area contributed by atoms with Gasteiger partial charge in [-0.25, -0.2) is 0 Å². The van der Waals surface area contributed by atoms with Crippen molar-refractivity contribution in [3.05, 3.63) is 34.9 Å². The van der Waals surface area contributed by atoms with Crippen molar-refractivity contribution in [3.63, 3.8) is 0 Å². The minimum Gasteiger partial charge on any atom is -0.314 e. The smallest absolute Gasteiger partial charge is 0.0406 e. The lowest BCUT2D eigenvalue weighted by Gasteiger charge is -2.25. The molecule has 1 nitrogen and oxygen atoms in total. The molecule has 0 radical (unpaired) electrons. The first-order valence-electron chi connectivity index (χ1n) is 7.15. The Labute approximate surface area is 117 Å². The average Bonchev–Trinajstić information content (AvgIpc) is 2.37. The van der Waals surface area contributed by atoms with Crippen LogP contribution in [0.3, 0.4) is 0 Å². The van der Waals surface area contributed by atoms with Crippen LogP contribution in [0.2, 0.25) is 5.02 Å². The summed E-state index contributed by atoms with van der Waals surface area (Å²) in [6, 6.07) is 8.88. The molecule has 0 fully saturated rings. The Bertz CT molecular complexity index is 320. The Kier molecular flexibility index (Phi) is 7.38. The monoisotopic (exact) mass is 267 g/mol. The van der Waals surface area contributed by atoms with Gasteiger partial charge in [-0.05, 0) is 49.4 Å². The lowest BCUT2D eigenvalue weighted by Crippen LogP contribution is -2.36. The van der Waals surface area contributed by atoms with E-state index in [4.69, 9.17) is 11.6 Å². The molecule has 0 aliphatic carbocycles. The maximum atomic E-state index is 5.92. The van der Waals surface area contributed by atoms with Crippen LogP contribution in [0.5, 0.6) is 0 Å². The van der Waals surface area contributed by atoms with Crippen molar-refractivity contribution in [2.24, 2.45) is 5.92 Å². The van der Waals surface area contributed by atoms with Crippen LogP contribution in [0.4, 0.5) is 0 Å². The molecule has 0 aliphatic rings. The topological polar surface area (TPSA) is 12.0 Å². The minimum absolute atomic E-state index is 0.630. The van der Waals surface area contributed by atoms with Crippen LogP contribution in [0.15, 0.2) is 24.3 Å². The molecule has 0 spiro atoms. The van der Waals surface area contributed by atoms with Gasteiger partial charge in [0.2, 0.25) is 0 Å². The zero-order chi connectivity index (χ0) is 13.4. The van der Waals surface area contributed by atoms with E-state index in [1.54, 1.807) is 0 Å². The van der Waals surface area contributed by atoms with Gasteiger partial charge in [-0.1, -0.05) is 50.9 Å². The normalized spacial score (nSPS) is 14.4. The fourth-order valence-corrected chi connectivity index (χ4v) is 2.49. The van der Waals surface area contributed by atoms with Crippen molar-refractivity contribution in [1.29, 1.82) is 0 Å². The predicted molar refractivity (Wildman–Crippen MR) is 81.3 cm³/mol. The molecule has 1 rings (SSSR count). The molecule has 2 atom stereocenters. The highest BCUT2D eigenvalue weighted by Crippen LogP contribution is 2.17. The zero-order valence-electron chi connectivity index (χ0n) is 11.9. The van der Waals surface area contributed by atoms with Gasteiger partial charge in [0, 0.05) is 11.1 Å². The van der Waals surface area contributed by atoms with Crippen molar-refractivity contribution in [3.8, 4) is 0 Å². The van der Waals surface area contributed by atoms with Crippen LogP contribution in [0.1, 0.15) is 45.6 Å². The van der Waals surface area contributed by atoms with Crippen LogP contribution in [0, 0.1) is 5.92 Å². The summed E-state index contributed by atoms with van der Waals surface area (Å²) >= 11 is 5.92. The largest absolute Gasteiger partial charge is 0.314 e. The average molecular weight is 268 g/mol. The van der Waals surface area contributed by atoms with Gasteiger partial charge in [0.05, 0.1) is 0 Å². The lowest BCUT2D eigenvalue weighted by molar-refractivity contribution is 0.352. The summed E-state index contributed by atoms with van der Waals surface area (Å²) in [5, 5.41) is 4.50. The van der Waals surface area contributed by atoms with Gasteiger partial charge < -0.3 is 5.32 Å². The molecular weight excluding hydrogens is 242 g/mol. The van der Waals surface area contributed by atoms with Gasteiger partial charge in [0.25, 0.3) is 0 Å². The van der Waals surface area contributed by atoms with Crippen LogP contribution in [-0.4, -0.2) is 12.6 Å². The van der Waals surface area contributed by atoms with E-state index in [2.05, 4.69) is 38.2 Å². The molecule has 1 N–H and O–H groups in total. The second-order valence-electron chi connectivity index (χ2n) is 5.16. The number of rotatable bonds is 8. The molecule has 0 aromatic heterocycles. The number of benzene rings is 1. The van der Waals surface area contributed by atoms with E-state index < -0.39 is 0 Å². The van der Waals surface area contributed by atoms with Gasteiger partial charge in [0.1, 0.15) is 0 Å². The van der Waals surface area contributed by atoms with Crippen molar-refractivity contribution in [2.75, 3.05) is 6.54 Å². The van der Waals surface area contributed by atoms with Crippen LogP contribution in [0.25, 0.3) is 0 Å². The Morgan fingerprint density at radius 2 is 1.78 bits per heavy atom. The van der Waals surface area contributed by atoms with Crippen LogP contribution in [-0.2, 0) is 6.42 Å². The first-order valence-corrected chi connectivity index (χ1v) is 7.53. The van der Waals surface area contributed by atoms with E-state index in [-0.39, 0.29) is 0 Å². The van der Waals surface area contributed by atoms with Gasteiger partial charge >= 0.3 is 0 Å². The molecule has 102 valence electrons. The quantitative estimate of drug-likeness (QED) is 0.721. The molecule has 18 heavy (non-hydrogen) atoms. The number of hydrogen-bond donors (Lipinski definition) is 1. The third kappa shape index (κ3) is 5.41. The molecule has 2 unspecified atom stereocenters. The fraction of sp³-hybridized carbons (Fsp3) is 0.625. The van der Waals surface area contributed by atoms with Gasteiger partial charge in [-0.15, -0.1) is 0 Å². The van der Waals surface area contributed by atoms with Crippen molar-refractivity contribution >= 4 is 11.6 Å². The molecular formula is C16H26ClN. The summed E-state index contributed by atoms with van der Waals surface area (Å²) in [6.45, 7) is 7.95. The highest BCUT2D eigenvalue weighted by atomic mass is 35.5. The van der Waals surface area contributed by atoms with E-state index in [0.29, 0.717) is 12.0 Å².